The third-order valence-corrected chi connectivity index (χ3v) is 6.55. The number of hydrogen-bond donors (Lipinski definition) is 3. The Labute approximate surface area is 192 Å². The average molecular weight is 474 g/mol. The molecule has 0 fully saturated rings. The standard InChI is InChI=1S/C22H27N5O5S/c1-22(2,14-28)16-7-9-18(31-3)19(12-16)33(23,30)26-20(29)17-8-6-15(21(25-17)32-4)13-27-11-5-10-24-27/h5-12,28H,13-14H2,1-4H3,(H2,23,26,29,30). The third-order valence-electron chi connectivity index (χ3n) is 5.14. The summed E-state index contributed by atoms with van der Waals surface area (Å²) in [6, 6.07) is 9.71. The van der Waals surface area contributed by atoms with Gasteiger partial charge in [-0.1, -0.05) is 19.9 Å². The molecular weight excluding hydrogens is 446 g/mol. The number of nitrogens with one attached hydrogen (secondary N) is 2. The zero-order valence-corrected chi connectivity index (χ0v) is 19.7. The van der Waals surface area contributed by atoms with Gasteiger partial charge >= 0.3 is 0 Å². The van der Waals surface area contributed by atoms with Crippen LogP contribution >= 0.6 is 0 Å². The van der Waals surface area contributed by atoms with Gasteiger partial charge in [0.1, 0.15) is 16.3 Å². The highest BCUT2D eigenvalue weighted by atomic mass is 32.2. The van der Waals surface area contributed by atoms with Crippen LogP contribution in [-0.4, -0.2) is 50.8 Å². The Bertz CT molecular complexity index is 1240. The fraction of sp³-hybridized carbons (Fsp3) is 0.318. The number of carbonyl (C=O) groups excluding carboxylic acids is 1. The summed E-state index contributed by atoms with van der Waals surface area (Å²) in [5.74, 6) is -0.389. The number of aliphatic hydroxyl groups is 1. The lowest BCUT2D eigenvalue weighted by atomic mass is 9.86. The van der Waals surface area contributed by atoms with Gasteiger partial charge in [0.2, 0.25) is 5.88 Å². The minimum atomic E-state index is -3.81. The molecule has 3 aromatic rings. The molecule has 2 aromatic heterocycles. The van der Waals surface area contributed by atoms with E-state index in [1.807, 2.05) is 13.8 Å². The van der Waals surface area contributed by atoms with Gasteiger partial charge in [0.25, 0.3) is 5.91 Å². The summed E-state index contributed by atoms with van der Waals surface area (Å²) in [5.41, 5.74) is 0.657. The molecule has 3 N–H and O–H groups in total. The van der Waals surface area contributed by atoms with Crippen molar-refractivity contribution in [3.8, 4) is 11.6 Å². The molecule has 1 aromatic carbocycles. The van der Waals surface area contributed by atoms with Crippen molar-refractivity contribution in [2.24, 2.45) is 0 Å². The lowest BCUT2D eigenvalue weighted by Crippen LogP contribution is -2.31. The number of aromatic nitrogens is 3. The van der Waals surface area contributed by atoms with Crippen molar-refractivity contribution in [2.75, 3.05) is 20.8 Å². The lowest BCUT2D eigenvalue weighted by molar-refractivity contribution is 0.0976. The van der Waals surface area contributed by atoms with Gasteiger partial charge in [0.15, 0.2) is 9.92 Å². The molecule has 1 amide bonds. The molecule has 0 aliphatic carbocycles. The Morgan fingerprint density at radius 1 is 1.24 bits per heavy atom. The molecule has 0 saturated heterocycles. The van der Waals surface area contributed by atoms with Gasteiger partial charge in [-0.15, -0.1) is 0 Å². The van der Waals surface area contributed by atoms with Gasteiger partial charge in [-0.25, -0.2) is 14.0 Å². The van der Waals surface area contributed by atoms with Crippen molar-refractivity contribution in [1.29, 1.82) is 4.78 Å². The Balaban J connectivity index is 1.90. The maximum atomic E-state index is 13.3. The molecule has 0 spiro atoms. The van der Waals surface area contributed by atoms with Crippen LogP contribution in [0, 0.1) is 4.78 Å². The molecule has 1 unspecified atom stereocenters. The van der Waals surface area contributed by atoms with E-state index >= 15 is 0 Å². The predicted octanol–water partition coefficient (Wildman–Crippen LogP) is 2.36. The summed E-state index contributed by atoms with van der Waals surface area (Å²) in [6.07, 6.45) is 3.44. The van der Waals surface area contributed by atoms with Crippen LogP contribution in [0.3, 0.4) is 0 Å². The maximum Gasteiger partial charge on any atom is 0.282 e. The second kappa shape index (κ2) is 9.59. The highest BCUT2D eigenvalue weighted by molar-refractivity contribution is 7.91. The van der Waals surface area contributed by atoms with Crippen LogP contribution in [0.4, 0.5) is 0 Å². The summed E-state index contributed by atoms with van der Waals surface area (Å²) in [4.78, 5) is 17.1. The second-order valence-electron chi connectivity index (χ2n) is 7.96. The fourth-order valence-electron chi connectivity index (χ4n) is 3.11. The van der Waals surface area contributed by atoms with Crippen LogP contribution in [0.25, 0.3) is 0 Å². The molecule has 0 bridgehead atoms. The first kappa shape index (κ1) is 24.2. The summed E-state index contributed by atoms with van der Waals surface area (Å²) < 4.78 is 36.2. The maximum absolute atomic E-state index is 13.3. The van der Waals surface area contributed by atoms with E-state index in [2.05, 4.69) is 14.8 Å². The summed E-state index contributed by atoms with van der Waals surface area (Å²) >= 11 is 0. The van der Waals surface area contributed by atoms with Crippen molar-refractivity contribution in [3.63, 3.8) is 0 Å². The zero-order valence-electron chi connectivity index (χ0n) is 18.9. The van der Waals surface area contributed by atoms with Crippen molar-refractivity contribution < 1.29 is 23.6 Å². The molecule has 0 aliphatic heterocycles. The third kappa shape index (κ3) is 5.32. The van der Waals surface area contributed by atoms with Gasteiger partial charge < -0.3 is 14.6 Å². The minimum Gasteiger partial charge on any atom is -0.495 e. The Morgan fingerprint density at radius 2 is 2.00 bits per heavy atom. The first-order chi connectivity index (χ1) is 15.6. The minimum absolute atomic E-state index is 0.000331. The number of benzene rings is 1. The topological polar surface area (TPSA) is 139 Å². The van der Waals surface area contributed by atoms with Crippen molar-refractivity contribution >= 4 is 15.8 Å². The van der Waals surface area contributed by atoms with Crippen LogP contribution in [0.15, 0.2) is 53.7 Å². The molecule has 176 valence electrons. The van der Waals surface area contributed by atoms with E-state index in [1.54, 1.807) is 41.3 Å². The fourth-order valence-corrected chi connectivity index (χ4v) is 4.32. The number of methoxy groups -OCH3 is 2. The number of carbonyl (C=O) groups is 1. The monoisotopic (exact) mass is 473 g/mol. The largest absolute Gasteiger partial charge is 0.495 e. The quantitative estimate of drug-likeness (QED) is 0.433. The van der Waals surface area contributed by atoms with E-state index in [0.717, 1.165) is 0 Å². The predicted molar refractivity (Wildman–Crippen MR) is 122 cm³/mol. The molecule has 11 heteroatoms. The van der Waals surface area contributed by atoms with Gasteiger partial charge in [-0.3, -0.25) is 14.2 Å². The van der Waals surface area contributed by atoms with E-state index in [9.17, 15) is 14.1 Å². The van der Waals surface area contributed by atoms with Gasteiger partial charge in [0, 0.05) is 23.4 Å². The Hall–Kier alpha value is -3.44. The van der Waals surface area contributed by atoms with Crippen LogP contribution in [-0.2, 0) is 21.9 Å². The van der Waals surface area contributed by atoms with Gasteiger partial charge in [-0.05, 0) is 35.9 Å². The average Bonchev–Trinajstić information content (AvgIpc) is 3.31. The molecule has 2 heterocycles. The van der Waals surface area contributed by atoms with Gasteiger partial charge in [-0.2, -0.15) is 5.10 Å². The normalized spacial score (nSPS) is 13.2. The van der Waals surface area contributed by atoms with Crippen molar-refractivity contribution in [2.45, 2.75) is 30.7 Å². The first-order valence-electron chi connectivity index (χ1n) is 10.0. The highest BCUT2D eigenvalue weighted by Gasteiger charge is 2.26. The lowest BCUT2D eigenvalue weighted by Gasteiger charge is -2.24. The van der Waals surface area contributed by atoms with Gasteiger partial charge in [0.05, 0.1) is 27.4 Å². The van der Waals surface area contributed by atoms with E-state index in [4.69, 9.17) is 14.3 Å². The van der Waals surface area contributed by atoms with Crippen LogP contribution < -0.4 is 14.2 Å². The number of pyridine rings is 1. The zero-order chi connectivity index (χ0) is 24.2. The SMILES string of the molecule is COc1ccc(C(C)(C)CO)cc1S(=N)(=O)NC(=O)c1ccc(Cn2cccn2)c(OC)n1. The van der Waals surface area contributed by atoms with E-state index < -0.39 is 21.2 Å². The van der Waals surface area contributed by atoms with Crippen molar-refractivity contribution in [3.05, 3.63) is 65.6 Å². The van der Waals surface area contributed by atoms with E-state index in [0.29, 0.717) is 17.7 Å². The molecule has 1 atom stereocenters. The van der Waals surface area contributed by atoms with Crippen LogP contribution in [0.1, 0.15) is 35.5 Å². The molecule has 0 radical (unpaired) electrons. The second-order valence-corrected chi connectivity index (χ2v) is 9.72. The molecule has 0 saturated carbocycles. The number of nitrogens with zero attached hydrogens (tertiary/aromatic N) is 3. The first-order valence-corrected chi connectivity index (χ1v) is 11.6. The molecule has 0 aliphatic rings. The van der Waals surface area contributed by atoms with E-state index in [1.165, 1.54) is 26.4 Å². The molecule has 33 heavy (non-hydrogen) atoms. The smallest absolute Gasteiger partial charge is 0.282 e. The summed E-state index contributed by atoms with van der Waals surface area (Å²) in [6.45, 7) is 3.86. The number of rotatable bonds is 9. The molecule has 10 nitrogen and oxygen atoms in total. The number of aliphatic hydroxyl groups excluding tert-OH is 1. The van der Waals surface area contributed by atoms with Crippen LogP contribution in [0.2, 0.25) is 0 Å². The Kier molecular flexibility index (Phi) is 7.04. The summed E-state index contributed by atoms with van der Waals surface area (Å²) in [7, 11) is -0.993. The van der Waals surface area contributed by atoms with Crippen LogP contribution in [0.5, 0.6) is 11.6 Å². The number of ether oxygens (including phenoxy) is 2. The number of amides is 1. The summed E-state index contributed by atoms with van der Waals surface area (Å²) in [5, 5.41) is 13.8. The number of hydrogen-bond acceptors (Lipinski definition) is 8. The molecular formula is C22H27N5O5S. The van der Waals surface area contributed by atoms with Crippen molar-refractivity contribution in [1.82, 2.24) is 19.5 Å². The molecule has 3 rings (SSSR count). The highest BCUT2D eigenvalue weighted by Crippen LogP contribution is 2.31. The Morgan fingerprint density at radius 3 is 2.61 bits per heavy atom. The van der Waals surface area contributed by atoms with E-state index in [-0.39, 0.29) is 28.8 Å².